The second-order valence-corrected chi connectivity index (χ2v) is 7.41. The van der Waals surface area contributed by atoms with Crippen molar-refractivity contribution >= 4 is 5.57 Å². The zero-order valence-corrected chi connectivity index (χ0v) is 16.5. The maximum Gasteiger partial charge on any atom is 0.132 e. The molecule has 1 unspecified atom stereocenters. The fraction of sp³-hybridized carbons (Fsp3) is 0.636. The van der Waals surface area contributed by atoms with Gasteiger partial charge in [-0.1, -0.05) is 33.6 Å². The Kier molecular flexibility index (Phi) is 6.56. The number of hydrogen-bond acceptors (Lipinski definition) is 3. The quantitative estimate of drug-likeness (QED) is 0.696. The Morgan fingerprint density at radius 2 is 1.92 bits per heavy atom. The monoisotopic (exact) mass is 346 g/mol. The topological polar surface area (TPSA) is 49.7 Å². The number of aromatic hydroxyl groups is 1. The van der Waals surface area contributed by atoms with Crippen molar-refractivity contribution in [3.63, 3.8) is 0 Å². The molecule has 1 atom stereocenters. The first-order valence-electron chi connectivity index (χ1n) is 9.88. The second kappa shape index (κ2) is 8.27. The van der Waals surface area contributed by atoms with Crippen LogP contribution in [0.15, 0.2) is 17.7 Å². The van der Waals surface area contributed by atoms with Gasteiger partial charge in [0.05, 0.1) is 11.7 Å². The number of hydrogen-bond donors (Lipinski definition) is 2. The molecule has 0 saturated heterocycles. The predicted octanol–water partition coefficient (Wildman–Crippen LogP) is 5.62. The molecule has 1 aromatic rings. The predicted molar refractivity (Wildman–Crippen MR) is 104 cm³/mol. The van der Waals surface area contributed by atoms with E-state index in [1.54, 1.807) is 0 Å². The van der Waals surface area contributed by atoms with E-state index >= 15 is 0 Å². The molecular weight excluding hydrogens is 312 g/mol. The highest BCUT2D eigenvalue weighted by Gasteiger charge is 2.39. The summed E-state index contributed by atoms with van der Waals surface area (Å²) in [5, 5.41) is 20.7. The molecule has 25 heavy (non-hydrogen) atoms. The van der Waals surface area contributed by atoms with Crippen LogP contribution in [-0.2, 0) is 6.42 Å². The van der Waals surface area contributed by atoms with E-state index in [1.165, 1.54) is 18.4 Å². The highest BCUT2D eigenvalue weighted by atomic mass is 16.5. The van der Waals surface area contributed by atoms with Crippen LogP contribution in [0.1, 0.15) is 84.3 Å². The van der Waals surface area contributed by atoms with Crippen LogP contribution in [0.3, 0.4) is 0 Å². The summed E-state index contributed by atoms with van der Waals surface area (Å²) in [6.45, 7) is 10.4. The number of phenols is 1. The number of unbranched alkanes of at least 4 members (excludes halogenated alkanes) is 2. The average Bonchev–Trinajstić information content (AvgIpc) is 2.55. The molecule has 0 bridgehead atoms. The molecule has 1 aromatic carbocycles. The Morgan fingerprint density at radius 3 is 2.60 bits per heavy atom. The number of ether oxygens (including phenoxy) is 1. The molecule has 3 nitrogen and oxygen atoms in total. The van der Waals surface area contributed by atoms with E-state index in [-0.39, 0.29) is 11.7 Å². The Hall–Kier alpha value is -1.48. The van der Waals surface area contributed by atoms with E-state index in [9.17, 15) is 10.2 Å². The third-order valence-corrected chi connectivity index (χ3v) is 5.14. The van der Waals surface area contributed by atoms with Crippen LogP contribution in [0.4, 0.5) is 0 Å². The first-order valence-corrected chi connectivity index (χ1v) is 9.88. The molecule has 1 heterocycles. The van der Waals surface area contributed by atoms with Gasteiger partial charge in [-0.15, -0.1) is 0 Å². The van der Waals surface area contributed by atoms with Crippen LogP contribution < -0.4 is 4.74 Å². The van der Waals surface area contributed by atoms with Gasteiger partial charge in [-0.05, 0) is 74.8 Å². The molecule has 0 amide bonds. The fourth-order valence-electron chi connectivity index (χ4n) is 3.94. The standard InChI is InChI=1S/C20H28O3.C2H6/c1-4-5-6-7-13-10-17(22)19-15-12-14(21)8-9-16(15)20(2,3)23-18(19)11-13;1-2/h10-11,14,21-22H,4-9,12H2,1-3H3;1-2H3. The molecule has 0 aromatic heterocycles. The number of aliphatic hydroxyl groups excluding tert-OH is 1. The van der Waals surface area contributed by atoms with Crippen molar-refractivity contribution < 1.29 is 14.9 Å². The first kappa shape index (κ1) is 19.8. The summed E-state index contributed by atoms with van der Waals surface area (Å²) in [4.78, 5) is 0. The maximum absolute atomic E-state index is 10.6. The molecule has 1 aliphatic carbocycles. The number of benzene rings is 1. The number of aryl methyl sites for hydroxylation is 1. The number of aliphatic hydroxyl groups is 1. The van der Waals surface area contributed by atoms with Crippen LogP contribution in [0.25, 0.3) is 5.57 Å². The molecule has 3 heteroatoms. The van der Waals surface area contributed by atoms with Crippen molar-refractivity contribution in [3.8, 4) is 11.5 Å². The van der Waals surface area contributed by atoms with Gasteiger partial charge in [0, 0.05) is 0 Å². The van der Waals surface area contributed by atoms with Gasteiger partial charge in [0.25, 0.3) is 0 Å². The SMILES string of the molecule is CC.CCCCCc1cc(O)c2c(c1)OC(C)(C)C1=C2CC(O)CC1. The van der Waals surface area contributed by atoms with Crippen LogP contribution in [0, 0.1) is 0 Å². The van der Waals surface area contributed by atoms with Crippen LogP contribution >= 0.6 is 0 Å². The van der Waals surface area contributed by atoms with Crippen LogP contribution in [0.2, 0.25) is 0 Å². The average molecular weight is 347 g/mol. The summed E-state index contributed by atoms with van der Waals surface area (Å²) in [7, 11) is 0. The number of rotatable bonds is 4. The minimum atomic E-state index is -0.364. The van der Waals surface area contributed by atoms with Crippen molar-refractivity contribution in [2.45, 2.75) is 91.3 Å². The van der Waals surface area contributed by atoms with Crippen LogP contribution in [0.5, 0.6) is 11.5 Å². The molecule has 0 fully saturated rings. The molecular formula is C22H34O3. The third kappa shape index (κ3) is 4.20. The van der Waals surface area contributed by atoms with Crippen molar-refractivity contribution in [2.75, 3.05) is 0 Å². The molecule has 0 spiro atoms. The van der Waals surface area contributed by atoms with Gasteiger partial charge in [-0.3, -0.25) is 0 Å². The highest BCUT2D eigenvalue weighted by molar-refractivity contribution is 5.81. The molecule has 3 rings (SSSR count). The minimum absolute atomic E-state index is 0.297. The minimum Gasteiger partial charge on any atom is -0.507 e. The lowest BCUT2D eigenvalue weighted by Crippen LogP contribution is -2.37. The van der Waals surface area contributed by atoms with E-state index in [4.69, 9.17) is 4.74 Å². The van der Waals surface area contributed by atoms with Crippen LogP contribution in [-0.4, -0.2) is 21.9 Å². The summed E-state index contributed by atoms with van der Waals surface area (Å²) in [5.74, 6) is 1.07. The third-order valence-electron chi connectivity index (χ3n) is 5.14. The number of fused-ring (bicyclic) bond motifs is 2. The Morgan fingerprint density at radius 1 is 1.20 bits per heavy atom. The van der Waals surface area contributed by atoms with Gasteiger partial charge in [0.1, 0.15) is 17.1 Å². The smallest absolute Gasteiger partial charge is 0.132 e. The van der Waals surface area contributed by atoms with E-state index in [0.717, 1.165) is 48.1 Å². The zero-order chi connectivity index (χ0) is 18.6. The van der Waals surface area contributed by atoms with E-state index in [2.05, 4.69) is 26.8 Å². The molecule has 2 aliphatic rings. The van der Waals surface area contributed by atoms with E-state index in [1.807, 2.05) is 19.9 Å². The lowest BCUT2D eigenvalue weighted by atomic mass is 9.76. The fourth-order valence-corrected chi connectivity index (χ4v) is 3.94. The van der Waals surface area contributed by atoms with Gasteiger partial charge in [0.15, 0.2) is 0 Å². The van der Waals surface area contributed by atoms with E-state index in [0.29, 0.717) is 12.2 Å². The van der Waals surface area contributed by atoms with Crippen molar-refractivity contribution in [3.05, 3.63) is 28.8 Å². The Labute approximate surface area is 152 Å². The molecule has 2 N–H and O–H groups in total. The first-order chi connectivity index (χ1) is 11.9. The van der Waals surface area contributed by atoms with E-state index < -0.39 is 0 Å². The second-order valence-electron chi connectivity index (χ2n) is 7.41. The number of phenolic OH excluding ortho intramolecular Hbond substituents is 1. The van der Waals surface area contributed by atoms with Crippen molar-refractivity contribution in [1.29, 1.82) is 0 Å². The molecule has 140 valence electrons. The Balaban J connectivity index is 0.00000109. The van der Waals surface area contributed by atoms with Crippen molar-refractivity contribution in [2.24, 2.45) is 0 Å². The summed E-state index contributed by atoms with van der Waals surface area (Å²) >= 11 is 0. The lowest BCUT2D eigenvalue weighted by Gasteiger charge is -2.40. The summed E-state index contributed by atoms with van der Waals surface area (Å²) in [6, 6.07) is 3.96. The summed E-state index contributed by atoms with van der Waals surface area (Å²) in [5.41, 5.74) is 3.89. The largest absolute Gasteiger partial charge is 0.507 e. The molecule has 0 radical (unpaired) electrons. The van der Waals surface area contributed by atoms with Crippen molar-refractivity contribution in [1.82, 2.24) is 0 Å². The molecule has 0 saturated carbocycles. The lowest BCUT2D eigenvalue weighted by molar-refractivity contribution is 0.118. The normalized spacial score (nSPS) is 20.8. The van der Waals surface area contributed by atoms with Gasteiger partial charge >= 0.3 is 0 Å². The summed E-state index contributed by atoms with van der Waals surface area (Å²) < 4.78 is 6.25. The highest BCUT2D eigenvalue weighted by Crippen LogP contribution is 2.50. The maximum atomic E-state index is 10.6. The van der Waals surface area contributed by atoms with Gasteiger partial charge in [-0.25, -0.2) is 0 Å². The molecule has 1 aliphatic heterocycles. The van der Waals surface area contributed by atoms with Gasteiger partial charge in [0.2, 0.25) is 0 Å². The van der Waals surface area contributed by atoms with Gasteiger partial charge in [-0.2, -0.15) is 0 Å². The van der Waals surface area contributed by atoms with Gasteiger partial charge < -0.3 is 14.9 Å². The zero-order valence-electron chi connectivity index (χ0n) is 16.5. The Bertz CT molecular complexity index is 628. The summed E-state index contributed by atoms with van der Waals surface area (Å²) in [6.07, 6.45) is 6.38.